The molecule has 0 atom stereocenters. The Morgan fingerprint density at radius 1 is 0.429 bits per heavy atom. The molecule has 7 rings (SSSR count). The van der Waals surface area contributed by atoms with Gasteiger partial charge >= 0.3 is 0 Å². The van der Waals surface area contributed by atoms with Gasteiger partial charge in [0.15, 0.2) is 0 Å². The monoisotopic (exact) mass is 364 g/mol. The number of rotatable bonds is 3. The molecular weight excluding hydrogens is 336 g/mol. The van der Waals surface area contributed by atoms with Crippen LogP contribution in [0, 0.1) is 5.92 Å². The zero-order chi connectivity index (χ0) is 18.7. The van der Waals surface area contributed by atoms with E-state index in [-0.39, 0.29) is 0 Å². The standard InChI is InChI=1S/C28H28/c1-4-10-23(11-5-1)26-16-22-17-27(19-26,24-12-6-2-7-13-24)21-28(18-22,20-26)25-14-8-3-9-15-25/h1-15,22H,16-21H2. The van der Waals surface area contributed by atoms with Crippen molar-refractivity contribution < 1.29 is 0 Å². The molecule has 0 nitrogen and oxygen atoms in total. The van der Waals surface area contributed by atoms with Crippen LogP contribution in [0.5, 0.6) is 0 Å². The second-order valence-electron chi connectivity index (χ2n) is 9.95. The topological polar surface area (TPSA) is 0 Å². The molecule has 4 saturated carbocycles. The van der Waals surface area contributed by atoms with Crippen LogP contribution >= 0.6 is 0 Å². The number of benzene rings is 3. The molecular formula is C28H28. The van der Waals surface area contributed by atoms with Gasteiger partial charge in [0.2, 0.25) is 0 Å². The highest BCUT2D eigenvalue weighted by molar-refractivity contribution is 5.43. The summed E-state index contributed by atoms with van der Waals surface area (Å²) in [5.74, 6) is 0.830. The van der Waals surface area contributed by atoms with Crippen LogP contribution < -0.4 is 0 Å². The summed E-state index contributed by atoms with van der Waals surface area (Å²) in [5.41, 5.74) is 5.73. The Labute approximate surface area is 168 Å². The first-order valence-electron chi connectivity index (χ1n) is 10.9. The highest BCUT2D eigenvalue weighted by Gasteiger charge is 2.64. The molecule has 0 aliphatic heterocycles. The average molecular weight is 365 g/mol. The summed E-state index contributed by atoms with van der Waals surface area (Å²) in [6.07, 6.45) is 8.08. The zero-order valence-electron chi connectivity index (χ0n) is 16.5. The second-order valence-corrected chi connectivity index (χ2v) is 9.95. The smallest absolute Gasteiger partial charge is 0.00274 e. The highest BCUT2D eigenvalue weighted by Crippen LogP contribution is 2.70. The van der Waals surface area contributed by atoms with Crippen LogP contribution in [0.2, 0.25) is 0 Å². The van der Waals surface area contributed by atoms with Crippen molar-refractivity contribution in [3.63, 3.8) is 0 Å². The van der Waals surface area contributed by atoms with E-state index in [4.69, 9.17) is 0 Å². The first-order valence-corrected chi connectivity index (χ1v) is 10.9. The summed E-state index contributed by atoms with van der Waals surface area (Å²) in [4.78, 5) is 0. The van der Waals surface area contributed by atoms with E-state index in [2.05, 4.69) is 91.0 Å². The number of hydrogen-bond acceptors (Lipinski definition) is 0. The molecule has 4 aliphatic carbocycles. The van der Waals surface area contributed by atoms with Gasteiger partial charge in [-0.1, -0.05) is 91.0 Å². The molecule has 140 valence electrons. The van der Waals surface area contributed by atoms with Crippen molar-refractivity contribution in [2.75, 3.05) is 0 Å². The molecule has 3 aromatic carbocycles. The summed E-state index contributed by atoms with van der Waals surface area (Å²) in [7, 11) is 0. The highest BCUT2D eigenvalue weighted by atomic mass is 14.7. The second kappa shape index (κ2) is 5.83. The van der Waals surface area contributed by atoms with Gasteiger partial charge in [0, 0.05) is 0 Å². The van der Waals surface area contributed by atoms with Gasteiger partial charge in [-0.3, -0.25) is 0 Å². The lowest BCUT2D eigenvalue weighted by molar-refractivity contribution is -0.0493. The molecule has 0 radical (unpaired) electrons. The van der Waals surface area contributed by atoms with Crippen LogP contribution in [0.4, 0.5) is 0 Å². The predicted octanol–water partition coefficient (Wildman–Crippen LogP) is 6.80. The molecule has 4 bridgehead atoms. The van der Waals surface area contributed by atoms with Crippen LogP contribution in [0.15, 0.2) is 91.0 Å². The molecule has 0 heterocycles. The Kier molecular flexibility index (Phi) is 3.46. The Bertz CT molecular complexity index is 832. The van der Waals surface area contributed by atoms with Gasteiger partial charge in [-0.15, -0.1) is 0 Å². The van der Waals surface area contributed by atoms with E-state index >= 15 is 0 Å². The van der Waals surface area contributed by atoms with Crippen molar-refractivity contribution in [2.24, 2.45) is 5.92 Å². The Hall–Kier alpha value is -2.34. The molecule has 0 aromatic heterocycles. The molecule has 0 heteroatoms. The van der Waals surface area contributed by atoms with Crippen molar-refractivity contribution >= 4 is 0 Å². The summed E-state index contributed by atoms with van der Waals surface area (Å²) in [6, 6.07) is 34.4. The van der Waals surface area contributed by atoms with Gasteiger partial charge in [0.05, 0.1) is 0 Å². The molecule has 4 aliphatic rings. The quantitative estimate of drug-likeness (QED) is 0.479. The van der Waals surface area contributed by atoms with E-state index in [9.17, 15) is 0 Å². The summed E-state index contributed by atoms with van der Waals surface area (Å²) < 4.78 is 0. The van der Waals surface area contributed by atoms with Crippen molar-refractivity contribution in [2.45, 2.75) is 54.8 Å². The van der Waals surface area contributed by atoms with E-state index in [0.717, 1.165) is 5.92 Å². The van der Waals surface area contributed by atoms with E-state index in [1.807, 2.05) is 0 Å². The maximum atomic E-state index is 2.41. The molecule has 0 saturated heterocycles. The molecule has 3 aromatic rings. The normalized spacial score (nSPS) is 35.8. The Morgan fingerprint density at radius 2 is 0.714 bits per heavy atom. The molecule has 28 heavy (non-hydrogen) atoms. The Balaban J connectivity index is 1.56. The minimum atomic E-state index is 0.326. The van der Waals surface area contributed by atoms with Gasteiger partial charge in [-0.2, -0.15) is 0 Å². The fourth-order valence-corrected chi connectivity index (χ4v) is 7.78. The van der Waals surface area contributed by atoms with E-state index in [1.165, 1.54) is 38.5 Å². The summed E-state index contributed by atoms with van der Waals surface area (Å²) in [6.45, 7) is 0. The van der Waals surface area contributed by atoms with Crippen molar-refractivity contribution in [1.29, 1.82) is 0 Å². The summed E-state index contributed by atoms with van der Waals surface area (Å²) >= 11 is 0. The van der Waals surface area contributed by atoms with Crippen LogP contribution in [0.25, 0.3) is 0 Å². The SMILES string of the molecule is c1ccc(C23CC4CC(c5ccccc5)(C2)CC(c2ccccc2)(C4)C3)cc1. The van der Waals surface area contributed by atoms with Crippen LogP contribution in [-0.2, 0) is 16.2 Å². The maximum absolute atomic E-state index is 2.41. The third kappa shape index (κ3) is 2.30. The first kappa shape index (κ1) is 16.6. The average Bonchev–Trinajstić information content (AvgIpc) is 2.75. The van der Waals surface area contributed by atoms with Gasteiger partial charge in [0.25, 0.3) is 0 Å². The summed E-state index contributed by atoms with van der Waals surface area (Å²) in [5, 5.41) is 0. The zero-order valence-corrected chi connectivity index (χ0v) is 16.5. The number of hydrogen-bond donors (Lipinski definition) is 0. The minimum absolute atomic E-state index is 0.326. The fourth-order valence-electron chi connectivity index (χ4n) is 7.78. The largest absolute Gasteiger partial charge is 0.0622 e. The van der Waals surface area contributed by atoms with Gasteiger partial charge in [0.1, 0.15) is 0 Å². The lowest BCUT2D eigenvalue weighted by Crippen LogP contribution is -2.61. The van der Waals surface area contributed by atoms with Crippen molar-refractivity contribution in [3.8, 4) is 0 Å². The fraction of sp³-hybridized carbons (Fsp3) is 0.357. The molecule has 0 amide bonds. The van der Waals surface area contributed by atoms with E-state index < -0.39 is 0 Å². The Morgan fingerprint density at radius 3 is 1.00 bits per heavy atom. The van der Waals surface area contributed by atoms with Crippen molar-refractivity contribution in [3.05, 3.63) is 108 Å². The third-order valence-corrected chi connectivity index (χ3v) is 8.23. The minimum Gasteiger partial charge on any atom is -0.0622 e. The van der Waals surface area contributed by atoms with Gasteiger partial charge in [-0.25, -0.2) is 0 Å². The molecule has 0 N–H and O–H groups in total. The van der Waals surface area contributed by atoms with Crippen LogP contribution in [-0.4, -0.2) is 0 Å². The van der Waals surface area contributed by atoms with E-state index in [1.54, 1.807) is 16.7 Å². The molecule has 0 unspecified atom stereocenters. The lowest BCUT2D eigenvalue weighted by Gasteiger charge is -2.67. The van der Waals surface area contributed by atoms with E-state index in [0.29, 0.717) is 16.2 Å². The maximum Gasteiger partial charge on any atom is -0.00274 e. The van der Waals surface area contributed by atoms with Gasteiger partial charge in [-0.05, 0) is 77.4 Å². The third-order valence-electron chi connectivity index (χ3n) is 8.23. The predicted molar refractivity (Wildman–Crippen MR) is 116 cm³/mol. The van der Waals surface area contributed by atoms with Gasteiger partial charge < -0.3 is 0 Å². The molecule has 4 fully saturated rings. The van der Waals surface area contributed by atoms with Crippen LogP contribution in [0.1, 0.15) is 55.2 Å². The first-order chi connectivity index (χ1) is 13.7. The lowest BCUT2D eigenvalue weighted by atomic mass is 9.36. The van der Waals surface area contributed by atoms with Crippen LogP contribution in [0.3, 0.4) is 0 Å². The van der Waals surface area contributed by atoms with Crippen molar-refractivity contribution in [1.82, 2.24) is 0 Å². The molecule has 0 spiro atoms.